The van der Waals surface area contributed by atoms with Gasteiger partial charge in [-0.1, -0.05) is 18.2 Å². The fourth-order valence-corrected chi connectivity index (χ4v) is 2.72. The number of carbonyl (C=O) groups excluding carboxylic acids is 2. The molecule has 156 valence electrons. The Morgan fingerprint density at radius 3 is 2.28 bits per heavy atom. The number of hydrogen-bond acceptors (Lipinski definition) is 5. The first-order chi connectivity index (χ1) is 13.9. The normalized spacial score (nSPS) is 11.4. The highest BCUT2D eigenvalue weighted by Gasteiger charge is 2.17. The Hall–Kier alpha value is -3.09. The zero-order chi connectivity index (χ0) is 21.2. The number of carbonyl (C=O) groups is 2. The first kappa shape index (κ1) is 22.2. The van der Waals surface area contributed by atoms with E-state index in [1.807, 2.05) is 6.07 Å². The van der Waals surface area contributed by atoms with Gasteiger partial charge in [0.05, 0.1) is 14.2 Å². The maximum Gasteiger partial charge on any atom is 0.306 e. The van der Waals surface area contributed by atoms with Gasteiger partial charge < -0.3 is 19.5 Å². The first-order valence-electron chi connectivity index (χ1n) is 9.35. The lowest BCUT2D eigenvalue weighted by Crippen LogP contribution is -2.36. The van der Waals surface area contributed by atoms with Crippen molar-refractivity contribution in [3.05, 3.63) is 59.4 Å². The van der Waals surface area contributed by atoms with Crippen molar-refractivity contribution in [2.24, 2.45) is 0 Å². The number of esters is 1. The van der Waals surface area contributed by atoms with Crippen molar-refractivity contribution in [3.63, 3.8) is 0 Å². The number of ether oxygens (including phenoxy) is 3. The third-order valence-electron chi connectivity index (χ3n) is 4.37. The van der Waals surface area contributed by atoms with E-state index in [4.69, 9.17) is 14.2 Å². The van der Waals surface area contributed by atoms with E-state index in [0.717, 1.165) is 11.1 Å². The van der Waals surface area contributed by atoms with Gasteiger partial charge in [-0.2, -0.15) is 0 Å². The van der Waals surface area contributed by atoms with Gasteiger partial charge >= 0.3 is 5.97 Å². The Morgan fingerprint density at radius 2 is 1.62 bits per heavy atom. The summed E-state index contributed by atoms with van der Waals surface area (Å²) >= 11 is 0. The number of benzene rings is 2. The van der Waals surface area contributed by atoms with E-state index in [2.05, 4.69) is 5.32 Å². The summed E-state index contributed by atoms with van der Waals surface area (Å²) in [6, 6.07) is 11.5. The molecule has 0 spiro atoms. The number of hydrogen-bond donors (Lipinski definition) is 1. The SMILES string of the molecule is COc1ccc(CCC(=O)O[C@@H](C)C(=O)NCCc2ccc(F)cc2)cc1OC. The molecule has 7 heteroatoms. The van der Waals surface area contributed by atoms with Gasteiger partial charge in [0.1, 0.15) is 5.82 Å². The van der Waals surface area contributed by atoms with Crippen molar-refractivity contribution in [3.8, 4) is 11.5 Å². The van der Waals surface area contributed by atoms with Crippen LogP contribution in [0.1, 0.15) is 24.5 Å². The van der Waals surface area contributed by atoms with Crippen LogP contribution in [-0.2, 0) is 27.2 Å². The molecule has 1 atom stereocenters. The molecular formula is C22H26FNO5. The molecule has 0 aliphatic carbocycles. The minimum Gasteiger partial charge on any atom is -0.493 e. The van der Waals surface area contributed by atoms with E-state index >= 15 is 0 Å². The second kappa shape index (κ2) is 11.0. The summed E-state index contributed by atoms with van der Waals surface area (Å²) in [5.74, 6) is 0.0796. The Bertz CT molecular complexity index is 822. The molecule has 1 amide bonds. The predicted octanol–water partition coefficient (Wildman–Crippen LogP) is 3.07. The van der Waals surface area contributed by atoms with Crippen LogP contribution in [0.3, 0.4) is 0 Å². The monoisotopic (exact) mass is 403 g/mol. The standard InChI is InChI=1S/C22H26FNO5/c1-15(22(26)24-13-12-16-4-8-18(23)9-5-16)29-21(25)11-7-17-6-10-19(27-2)20(14-17)28-3/h4-6,8-10,14-15H,7,11-13H2,1-3H3,(H,24,26)/t15-/m0/s1. The van der Waals surface area contributed by atoms with Crippen molar-refractivity contribution in [1.29, 1.82) is 0 Å². The second-order valence-corrected chi connectivity index (χ2v) is 6.49. The minimum absolute atomic E-state index is 0.142. The van der Waals surface area contributed by atoms with Crippen molar-refractivity contribution in [2.75, 3.05) is 20.8 Å². The van der Waals surface area contributed by atoms with Gasteiger partial charge in [-0.05, 0) is 55.2 Å². The topological polar surface area (TPSA) is 73.9 Å². The maximum atomic E-state index is 12.9. The van der Waals surface area contributed by atoms with Gasteiger partial charge in [-0.3, -0.25) is 9.59 Å². The van der Waals surface area contributed by atoms with Crippen LogP contribution in [0.4, 0.5) is 4.39 Å². The van der Waals surface area contributed by atoms with Crippen molar-refractivity contribution in [2.45, 2.75) is 32.3 Å². The number of aryl methyl sites for hydroxylation is 1. The summed E-state index contributed by atoms with van der Waals surface area (Å²) in [5, 5.41) is 2.71. The van der Waals surface area contributed by atoms with Crippen LogP contribution in [-0.4, -0.2) is 38.7 Å². The molecule has 2 aromatic carbocycles. The lowest BCUT2D eigenvalue weighted by Gasteiger charge is -2.14. The smallest absolute Gasteiger partial charge is 0.306 e. The molecule has 0 saturated carbocycles. The van der Waals surface area contributed by atoms with Crippen LogP contribution >= 0.6 is 0 Å². The number of nitrogens with one attached hydrogen (secondary N) is 1. The lowest BCUT2D eigenvalue weighted by atomic mass is 10.1. The Kier molecular flexibility index (Phi) is 8.45. The Balaban J connectivity index is 1.73. The number of amides is 1. The van der Waals surface area contributed by atoms with Crippen LogP contribution in [0.5, 0.6) is 11.5 Å². The summed E-state index contributed by atoms with van der Waals surface area (Å²) in [4.78, 5) is 24.1. The second-order valence-electron chi connectivity index (χ2n) is 6.49. The first-order valence-corrected chi connectivity index (χ1v) is 9.35. The molecular weight excluding hydrogens is 377 g/mol. The maximum absolute atomic E-state index is 12.9. The van der Waals surface area contributed by atoms with Gasteiger partial charge in [0.15, 0.2) is 17.6 Å². The van der Waals surface area contributed by atoms with Crippen LogP contribution in [0, 0.1) is 5.82 Å². The third kappa shape index (κ3) is 7.10. The molecule has 0 unspecified atom stereocenters. The summed E-state index contributed by atoms with van der Waals surface area (Å²) in [6.07, 6.45) is 0.272. The highest BCUT2D eigenvalue weighted by atomic mass is 19.1. The fraction of sp³-hybridized carbons (Fsp3) is 0.364. The Morgan fingerprint density at radius 1 is 0.966 bits per heavy atom. The van der Waals surface area contributed by atoms with Gasteiger partial charge in [0.2, 0.25) is 0 Å². The van der Waals surface area contributed by atoms with Crippen molar-refractivity contribution in [1.82, 2.24) is 5.32 Å². The van der Waals surface area contributed by atoms with Crippen LogP contribution in [0.25, 0.3) is 0 Å². The van der Waals surface area contributed by atoms with Gasteiger partial charge in [0.25, 0.3) is 5.91 Å². The van der Waals surface area contributed by atoms with Gasteiger partial charge in [0, 0.05) is 13.0 Å². The van der Waals surface area contributed by atoms with Crippen LogP contribution in [0.2, 0.25) is 0 Å². The molecule has 2 rings (SSSR count). The number of halogens is 1. The Labute approximate surface area is 170 Å². The van der Waals surface area contributed by atoms with E-state index in [9.17, 15) is 14.0 Å². The van der Waals surface area contributed by atoms with E-state index in [0.29, 0.717) is 30.9 Å². The van der Waals surface area contributed by atoms with E-state index in [1.54, 1.807) is 38.5 Å². The average Bonchev–Trinajstić information content (AvgIpc) is 2.73. The zero-order valence-electron chi connectivity index (χ0n) is 16.9. The highest BCUT2D eigenvalue weighted by molar-refractivity contribution is 5.83. The quantitative estimate of drug-likeness (QED) is 0.617. The molecule has 0 fully saturated rings. The van der Waals surface area contributed by atoms with E-state index < -0.39 is 12.1 Å². The molecule has 2 aromatic rings. The van der Waals surface area contributed by atoms with Crippen molar-refractivity contribution >= 4 is 11.9 Å². The molecule has 0 radical (unpaired) electrons. The number of methoxy groups -OCH3 is 2. The zero-order valence-corrected chi connectivity index (χ0v) is 16.9. The predicted molar refractivity (Wildman–Crippen MR) is 107 cm³/mol. The molecule has 0 saturated heterocycles. The largest absolute Gasteiger partial charge is 0.493 e. The van der Waals surface area contributed by atoms with E-state index in [-0.39, 0.29) is 18.1 Å². The summed E-state index contributed by atoms with van der Waals surface area (Å²) in [7, 11) is 3.10. The minimum atomic E-state index is -0.888. The van der Waals surface area contributed by atoms with Crippen LogP contribution in [0.15, 0.2) is 42.5 Å². The average molecular weight is 403 g/mol. The molecule has 0 aliphatic heterocycles. The summed E-state index contributed by atoms with van der Waals surface area (Å²) in [5.41, 5.74) is 1.81. The number of rotatable bonds is 10. The molecule has 0 heterocycles. The summed E-state index contributed by atoms with van der Waals surface area (Å²) < 4.78 is 28.5. The molecule has 0 bridgehead atoms. The highest BCUT2D eigenvalue weighted by Crippen LogP contribution is 2.28. The van der Waals surface area contributed by atoms with Crippen molar-refractivity contribution < 1.29 is 28.2 Å². The molecule has 6 nitrogen and oxygen atoms in total. The fourth-order valence-electron chi connectivity index (χ4n) is 2.72. The lowest BCUT2D eigenvalue weighted by molar-refractivity contribution is -0.154. The van der Waals surface area contributed by atoms with Crippen LogP contribution < -0.4 is 14.8 Å². The summed E-state index contributed by atoms with van der Waals surface area (Å²) in [6.45, 7) is 1.90. The van der Waals surface area contributed by atoms with Gasteiger partial charge in [-0.25, -0.2) is 4.39 Å². The molecule has 29 heavy (non-hydrogen) atoms. The third-order valence-corrected chi connectivity index (χ3v) is 4.37. The molecule has 1 N–H and O–H groups in total. The van der Waals surface area contributed by atoms with Gasteiger partial charge in [-0.15, -0.1) is 0 Å². The molecule has 0 aliphatic rings. The van der Waals surface area contributed by atoms with E-state index in [1.165, 1.54) is 19.1 Å². The molecule has 0 aromatic heterocycles.